The van der Waals surface area contributed by atoms with Crippen LogP contribution in [0.3, 0.4) is 0 Å². The highest BCUT2D eigenvalue weighted by molar-refractivity contribution is 7.89. The van der Waals surface area contributed by atoms with Gasteiger partial charge in [0.05, 0.1) is 12.0 Å². The fraction of sp³-hybridized carbons (Fsp3) is 0.294. The number of benzene rings is 2. The molecule has 0 aliphatic carbocycles. The second kappa shape index (κ2) is 7.02. The van der Waals surface area contributed by atoms with Crippen LogP contribution in [0.15, 0.2) is 47.4 Å². The molecule has 6 heteroatoms. The maximum atomic E-state index is 12.2. The predicted molar refractivity (Wildman–Crippen MR) is 89.4 cm³/mol. The van der Waals surface area contributed by atoms with E-state index in [-0.39, 0.29) is 11.5 Å². The van der Waals surface area contributed by atoms with Gasteiger partial charge in [-0.1, -0.05) is 18.2 Å². The molecule has 0 saturated carbocycles. The van der Waals surface area contributed by atoms with Crippen molar-refractivity contribution >= 4 is 10.0 Å². The molecule has 0 aliphatic rings. The Labute approximate surface area is 137 Å². The Balaban J connectivity index is 2.19. The van der Waals surface area contributed by atoms with E-state index in [0.29, 0.717) is 11.5 Å². The third kappa shape index (κ3) is 4.03. The zero-order valence-electron chi connectivity index (χ0n) is 13.7. The SMILES string of the molecule is COc1cc(C)ccc1OCc1cccc(S(=O)(=O)N(C)C)c1. The average molecular weight is 335 g/mol. The van der Waals surface area contributed by atoms with E-state index in [0.717, 1.165) is 11.1 Å². The molecule has 0 atom stereocenters. The Kier molecular flexibility index (Phi) is 5.28. The number of aryl methyl sites for hydroxylation is 1. The minimum Gasteiger partial charge on any atom is -0.493 e. The van der Waals surface area contributed by atoms with E-state index < -0.39 is 10.0 Å². The minimum atomic E-state index is -3.45. The molecule has 0 amide bonds. The molecule has 0 spiro atoms. The predicted octanol–water partition coefficient (Wildman–Crippen LogP) is 2.83. The van der Waals surface area contributed by atoms with Gasteiger partial charge in [-0.3, -0.25) is 0 Å². The maximum Gasteiger partial charge on any atom is 0.242 e. The lowest BCUT2D eigenvalue weighted by Gasteiger charge is -2.14. The molecular weight excluding hydrogens is 314 g/mol. The molecule has 2 aromatic carbocycles. The Morgan fingerprint density at radius 2 is 1.78 bits per heavy atom. The fourth-order valence-electron chi connectivity index (χ4n) is 2.06. The highest BCUT2D eigenvalue weighted by Gasteiger charge is 2.17. The maximum absolute atomic E-state index is 12.2. The number of ether oxygens (including phenoxy) is 2. The van der Waals surface area contributed by atoms with Gasteiger partial charge >= 0.3 is 0 Å². The summed E-state index contributed by atoms with van der Waals surface area (Å²) in [7, 11) is 1.16. The number of methoxy groups -OCH3 is 1. The zero-order valence-corrected chi connectivity index (χ0v) is 14.6. The van der Waals surface area contributed by atoms with Crippen LogP contribution < -0.4 is 9.47 Å². The Bertz CT molecular complexity index is 785. The number of hydrogen-bond acceptors (Lipinski definition) is 4. The summed E-state index contributed by atoms with van der Waals surface area (Å²) in [5, 5.41) is 0. The van der Waals surface area contributed by atoms with E-state index >= 15 is 0 Å². The second-order valence-electron chi connectivity index (χ2n) is 5.38. The van der Waals surface area contributed by atoms with Gasteiger partial charge in [-0.25, -0.2) is 12.7 Å². The Morgan fingerprint density at radius 3 is 2.43 bits per heavy atom. The van der Waals surface area contributed by atoms with E-state index in [2.05, 4.69) is 0 Å². The van der Waals surface area contributed by atoms with Crippen LogP contribution in [0.2, 0.25) is 0 Å². The van der Waals surface area contributed by atoms with Crippen molar-refractivity contribution in [1.82, 2.24) is 4.31 Å². The smallest absolute Gasteiger partial charge is 0.242 e. The zero-order chi connectivity index (χ0) is 17.0. The van der Waals surface area contributed by atoms with Gasteiger partial charge in [-0.15, -0.1) is 0 Å². The summed E-state index contributed by atoms with van der Waals surface area (Å²) < 4.78 is 36.6. The van der Waals surface area contributed by atoms with E-state index in [9.17, 15) is 8.42 Å². The highest BCUT2D eigenvalue weighted by atomic mass is 32.2. The van der Waals surface area contributed by atoms with E-state index in [1.165, 1.54) is 18.4 Å². The van der Waals surface area contributed by atoms with Gasteiger partial charge in [0.1, 0.15) is 6.61 Å². The van der Waals surface area contributed by atoms with Crippen molar-refractivity contribution in [1.29, 1.82) is 0 Å². The van der Waals surface area contributed by atoms with Crippen LogP contribution in [0.25, 0.3) is 0 Å². The lowest BCUT2D eigenvalue weighted by molar-refractivity contribution is 0.284. The number of rotatable bonds is 6. The summed E-state index contributed by atoms with van der Waals surface area (Å²) in [6.07, 6.45) is 0. The van der Waals surface area contributed by atoms with Gasteiger partial charge < -0.3 is 9.47 Å². The second-order valence-corrected chi connectivity index (χ2v) is 7.53. The summed E-state index contributed by atoms with van der Waals surface area (Å²) in [6.45, 7) is 2.23. The van der Waals surface area contributed by atoms with Crippen molar-refractivity contribution in [3.63, 3.8) is 0 Å². The first-order chi connectivity index (χ1) is 10.8. The molecule has 124 valence electrons. The van der Waals surface area contributed by atoms with Crippen molar-refractivity contribution < 1.29 is 17.9 Å². The summed E-state index contributed by atoms with van der Waals surface area (Å²) in [4.78, 5) is 0.250. The molecule has 0 aromatic heterocycles. The minimum absolute atomic E-state index is 0.250. The summed E-state index contributed by atoms with van der Waals surface area (Å²) in [5.41, 5.74) is 1.85. The summed E-state index contributed by atoms with van der Waals surface area (Å²) in [6, 6.07) is 12.4. The van der Waals surface area contributed by atoms with Crippen LogP contribution >= 0.6 is 0 Å². The van der Waals surface area contributed by atoms with Crippen LogP contribution in [0.4, 0.5) is 0 Å². The molecule has 0 unspecified atom stereocenters. The van der Waals surface area contributed by atoms with Crippen LogP contribution in [-0.2, 0) is 16.6 Å². The monoisotopic (exact) mass is 335 g/mol. The molecule has 2 aromatic rings. The topological polar surface area (TPSA) is 55.8 Å². The standard InChI is InChI=1S/C17H21NO4S/c1-13-8-9-16(17(10-13)21-4)22-12-14-6-5-7-15(11-14)23(19,20)18(2)3/h5-11H,12H2,1-4H3. The highest BCUT2D eigenvalue weighted by Crippen LogP contribution is 2.28. The van der Waals surface area contributed by atoms with E-state index in [4.69, 9.17) is 9.47 Å². The van der Waals surface area contributed by atoms with Crippen molar-refractivity contribution in [2.45, 2.75) is 18.4 Å². The van der Waals surface area contributed by atoms with Gasteiger partial charge in [0.2, 0.25) is 10.0 Å². The van der Waals surface area contributed by atoms with Gasteiger partial charge in [0, 0.05) is 14.1 Å². The normalized spacial score (nSPS) is 11.5. The first-order valence-corrected chi connectivity index (χ1v) is 8.57. The lowest BCUT2D eigenvalue weighted by Crippen LogP contribution is -2.22. The van der Waals surface area contributed by atoms with E-state index in [1.54, 1.807) is 25.3 Å². The quantitative estimate of drug-likeness (QED) is 0.814. The van der Waals surface area contributed by atoms with Crippen LogP contribution in [0.1, 0.15) is 11.1 Å². The van der Waals surface area contributed by atoms with Crippen LogP contribution in [0, 0.1) is 6.92 Å². The molecule has 0 aliphatic heterocycles. The molecule has 0 saturated heterocycles. The van der Waals surface area contributed by atoms with Crippen molar-refractivity contribution in [2.75, 3.05) is 21.2 Å². The number of sulfonamides is 1. The molecule has 5 nitrogen and oxygen atoms in total. The fourth-order valence-corrected chi connectivity index (χ4v) is 3.03. The molecule has 23 heavy (non-hydrogen) atoms. The third-order valence-electron chi connectivity index (χ3n) is 3.39. The molecule has 0 bridgehead atoms. The lowest BCUT2D eigenvalue weighted by atomic mass is 10.2. The molecule has 0 N–H and O–H groups in total. The first kappa shape index (κ1) is 17.3. The number of hydrogen-bond donors (Lipinski definition) is 0. The molecule has 0 fully saturated rings. The third-order valence-corrected chi connectivity index (χ3v) is 5.20. The van der Waals surface area contributed by atoms with Gasteiger partial charge in [-0.05, 0) is 42.3 Å². The largest absolute Gasteiger partial charge is 0.493 e. The summed E-state index contributed by atoms with van der Waals surface area (Å²) >= 11 is 0. The Morgan fingerprint density at radius 1 is 1.04 bits per heavy atom. The van der Waals surface area contributed by atoms with Crippen LogP contribution in [-0.4, -0.2) is 33.9 Å². The van der Waals surface area contributed by atoms with E-state index in [1.807, 2.05) is 31.2 Å². The Hall–Kier alpha value is -2.05. The molecule has 0 heterocycles. The molecular formula is C17H21NO4S. The van der Waals surface area contributed by atoms with Crippen molar-refractivity contribution in [2.24, 2.45) is 0 Å². The van der Waals surface area contributed by atoms with Gasteiger partial charge in [0.15, 0.2) is 11.5 Å². The van der Waals surface area contributed by atoms with Crippen molar-refractivity contribution in [3.8, 4) is 11.5 Å². The molecule has 2 rings (SSSR count). The average Bonchev–Trinajstić information content (AvgIpc) is 2.53. The number of nitrogens with zero attached hydrogens (tertiary/aromatic N) is 1. The van der Waals surface area contributed by atoms with Gasteiger partial charge in [-0.2, -0.15) is 0 Å². The first-order valence-electron chi connectivity index (χ1n) is 7.13. The molecule has 0 radical (unpaired) electrons. The van der Waals surface area contributed by atoms with Crippen LogP contribution in [0.5, 0.6) is 11.5 Å². The van der Waals surface area contributed by atoms with Gasteiger partial charge in [0.25, 0.3) is 0 Å². The van der Waals surface area contributed by atoms with Crippen molar-refractivity contribution in [3.05, 3.63) is 53.6 Å². The summed E-state index contributed by atoms with van der Waals surface area (Å²) in [5.74, 6) is 1.28.